The molecule has 0 amide bonds. The van der Waals surface area contributed by atoms with E-state index < -0.39 is 10.0 Å². The van der Waals surface area contributed by atoms with Crippen LogP contribution in [0.4, 0.5) is 5.69 Å². The van der Waals surface area contributed by atoms with Gasteiger partial charge in [0, 0.05) is 23.6 Å². The van der Waals surface area contributed by atoms with Crippen molar-refractivity contribution < 1.29 is 13.5 Å². The van der Waals surface area contributed by atoms with Gasteiger partial charge in [-0.25, -0.2) is 8.42 Å². The number of aromatic nitrogens is 1. The lowest BCUT2D eigenvalue weighted by molar-refractivity contribution is 0.350. The van der Waals surface area contributed by atoms with Crippen LogP contribution in [-0.4, -0.2) is 25.1 Å². The van der Waals surface area contributed by atoms with E-state index in [1.54, 1.807) is 12.1 Å². The number of anilines is 1. The van der Waals surface area contributed by atoms with Crippen molar-refractivity contribution in [3.63, 3.8) is 0 Å². The number of aliphatic hydroxyl groups is 1. The summed E-state index contributed by atoms with van der Waals surface area (Å²) < 4.78 is 27.0. The van der Waals surface area contributed by atoms with Gasteiger partial charge in [-0.3, -0.25) is 9.71 Å². The van der Waals surface area contributed by atoms with Crippen molar-refractivity contribution in [2.24, 2.45) is 0 Å². The van der Waals surface area contributed by atoms with Crippen molar-refractivity contribution in [3.8, 4) is 11.8 Å². The van der Waals surface area contributed by atoms with Crippen LogP contribution in [0.15, 0.2) is 47.6 Å². The quantitative estimate of drug-likeness (QED) is 0.843. The first-order valence-corrected chi connectivity index (χ1v) is 7.64. The number of pyridine rings is 1. The van der Waals surface area contributed by atoms with Crippen molar-refractivity contribution in [2.45, 2.75) is 11.8 Å². The third-order valence-corrected chi connectivity index (χ3v) is 3.99. The zero-order valence-corrected chi connectivity index (χ0v) is 12.2. The van der Waals surface area contributed by atoms with Gasteiger partial charge in [-0.05, 0) is 25.1 Å². The zero-order valence-electron chi connectivity index (χ0n) is 11.4. The monoisotopic (exact) mass is 302 g/mol. The lowest BCUT2D eigenvalue weighted by Crippen LogP contribution is -2.13. The van der Waals surface area contributed by atoms with Crippen LogP contribution in [0.5, 0.6) is 0 Å². The molecule has 5 nitrogen and oxygen atoms in total. The van der Waals surface area contributed by atoms with Crippen LogP contribution in [0.3, 0.4) is 0 Å². The van der Waals surface area contributed by atoms with Gasteiger partial charge in [-0.15, -0.1) is 0 Å². The molecule has 1 aromatic carbocycles. The Balaban J connectivity index is 2.29. The molecule has 0 unspecified atom stereocenters. The van der Waals surface area contributed by atoms with Gasteiger partial charge in [0.05, 0.1) is 0 Å². The normalized spacial score (nSPS) is 10.6. The minimum absolute atomic E-state index is 0.0211. The molecule has 0 radical (unpaired) electrons. The second-order valence-electron chi connectivity index (χ2n) is 4.34. The Morgan fingerprint density at radius 2 is 1.95 bits per heavy atom. The highest BCUT2D eigenvalue weighted by atomic mass is 32.2. The largest absolute Gasteiger partial charge is 0.384 e. The van der Waals surface area contributed by atoms with E-state index in [4.69, 9.17) is 5.11 Å². The summed E-state index contributed by atoms with van der Waals surface area (Å²) in [5.74, 6) is 5.07. The summed E-state index contributed by atoms with van der Waals surface area (Å²) in [7, 11) is -3.72. The maximum absolute atomic E-state index is 12.3. The van der Waals surface area contributed by atoms with Crippen LogP contribution in [0.2, 0.25) is 0 Å². The highest BCUT2D eigenvalue weighted by molar-refractivity contribution is 7.92. The number of nitrogens with one attached hydrogen (secondary N) is 1. The average Bonchev–Trinajstić information content (AvgIpc) is 2.48. The van der Waals surface area contributed by atoms with Crippen LogP contribution in [-0.2, 0) is 10.0 Å². The van der Waals surface area contributed by atoms with Gasteiger partial charge in [0.1, 0.15) is 11.5 Å². The molecule has 0 atom stereocenters. The standard InChI is InChI=1S/C15H14N2O3S/c1-12-4-6-14(7-5-12)17-21(19,20)15-9-13(3-2-8-18)10-16-11-15/h4-7,9-11,17-18H,8H2,1H3. The van der Waals surface area contributed by atoms with E-state index in [1.165, 1.54) is 18.5 Å². The number of aliphatic hydroxyl groups excluding tert-OH is 1. The molecule has 0 aliphatic rings. The lowest BCUT2D eigenvalue weighted by Gasteiger charge is -2.08. The predicted molar refractivity (Wildman–Crippen MR) is 80.2 cm³/mol. The van der Waals surface area contributed by atoms with Crippen LogP contribution in [0.1, 0.15) is 11.1 Å². The van der Waals surface area contributed by atoms with Crippen LogP contribution in [0, 0.1) is 18.8 Å². The molecule has 0 aliphatic heterocycles. The highest BCUT2D eigenvalue weighted by Crippen LogP contribution is 2.16. The summed E-state index contributed by atoms with van der Waals surface area (Å²) in [6.45, 7) is 1.63. The molecule has 21 heavy (non-hydrogen) atoms. The Morgan fingerprint density at radius 1 is 1.24 bits per heavy atom. The van der Waals surface area contributed by atoms with E-state index in [-0.39, 0.29) is 11.5 Å². The number of hydrogen-bond acceptors (Lipinski definition) is 4. The number of nitrogens with zero attached hydrogens (tertiary/aromatic N) is 1. The second-order valence-corrected chi connectivity index (χ2v) is 6.02. The highest BCUT2D eigenvalue weighted by Gasteiger charge is 2.14. The van der Waals surface area contributed by atoms with Crippen LogP contribution < -0.4 is 4.72 Å². The molecule has 0 spiro atoms. The fraction of sp³-hybridized carbons (Fsp3) is 0.133. The minimum atomic E-state index is -3.72. The van der Waals surface area contributed by atoms with E-state index in [0.717, 1.165) is 5.56 Å². The Morgan fingerprint density at radius 3 is 2.62 bits per heavy atom. The Labute approximate surface area is 123 Å². The molecule has 0 aliphatic carbocycles. The molecule has 2 aromatic rings. The molecular formula is C15H14N2O3S. The SMILES string of the molecule is Cc1ccc(NS(=O)(=O)c2cncc(C#CCO)c2)cc1. The predicted octanol–water partition coefficient (Wildman–Crippen LogP) is 1.53. The Kier molecular flexibility index (Phi) is 4.58. The molecule has 108 valence electrons. The van der Waals surface area contributed by atoms with Crippen LogP contribution >= 0.6 is 0 Å². The molecule has 0 saturated heterocycles. The van der Waals surface area contributed by atoms with E-state index >= 15 is 0 Å². The summed E-state index contributed by atoms with van der Waals surface area (Å²) in [5, 5.41) is 8.65. The smallest absolute Gasteiger partial charge is 0.263 e. The first kappa shape index (κ1) is 15.0. The summed E-state index contributed by atoms with van der Waals surface area (Å²) in [5.41, 5.74) is 1.95. The van der Waals surface area contributed by atoms with Crippen molar-refractivity contribution >= 4 is 15.7 Å². The Bertz CT molecular complexity index is 788. The van der Waals surface area contributed by atoms with E-state index in [9.17, 15) is 8.42 Å². The first-order valence-electron chi connectivity index (χ1n) is 6.15. The second kappa shape index (κ2) is 6.39. The van der Waals surface area contributed by atoms with Gasteiger partial charge in [0.15, 0.2) is 0 Å². The summed E-state index contributed by atoms with van der Waals surface area (Å²) in [4.78, 5) is 3.88. The number of hydrogen-bond donors (Lipinski definition) is 2. The first-order chi connectivity index (χ1) is 10.0. The van der Waals surface area contributed by atoms with E-state index in [1.807, 2.05) is 19.1 Å². The molecule has 6 heteroatoms. The molecule has 0 fully saturated rings. The third-order valence-electron chi connectivity index (χ3n) is 2.64. The number of sulfonamides is 1. The van der Waals surface area contributed by atoms with Gasteiger partial charge in [0.2, 0.25) is 0 Å². The summed E-state index contributed by atoms with van der Waals surface area (Å²) in [6.07, 6.45) is 2.69. The van der Waals surface area contributed by atoms with Crippen LogP contribution in [0.25, 0.3) is 0 Å². The molecule has 1 heterocycles. The fourth-order valence-electron chi connectivity index (χ4n) is 1.61. The number of rotatable bonds is 3. The lowest BCUT2D eigenvalue weighted by atomic mass is 10.2. The van der Waals surface area contributed by atoms with Crippen molar-refractivity contribution in [1.29, 1.82) is 0 Å². The van der Waals surface area contributed by atoms with Gasteiger partial charge >= 0.3 is 0 Å². The number of aryl methyl sites for hydroxylation is 1. The van der Waals surface area contributed by atoms with Crippen molar-refractivity contribution in [1.82, 2.24) is 4.98 Å². The molecule has 2 N–H and O–H groups in total. The van der Waals surface area contributed by atoms with E-state index in [2.05, 4.69) is 21.5 Å². The average molecular weight is 302 g/mol. The summed E-state index contributed by atoms with van der Waals surface area (Å²) in [6, 6.07) is 8.43. The number of benzene rings is 1. The molecule has 2 rings (SSSR count). The minimum Gasteiger partial charge on any atom is -0.384 e. The molecule has 0 bridgehead atoms. The molecule has 0 saturated carbocycles. The maximum Gasteiger partial charge on any atom is 0.263 e. The third kappa shape index (κ3) is 4.05. The van der Waals surface area contributed by atoms with Gasteiger partial charge in [0.25, 0.3) is 10.0 Å². The van der Waals surface area contributed by atoms with Crippen molar-refractivity contribution in [2.75, 3.05) is 11.3 Å². The fourth-order valence-corrected chi connectivity index (χ4v) is 2.66. The van der Waals surface area contributed by atoms with E-state index in [0.29, 0.717) is 11.3 Å². The molecule has 1 aromatic heterocycles. The van der Waals surface area contributed by atoms with Gasteiger partial charge in [-0.1, -0.05) is 29.5 Å². The van der Waals surface area contributed by atoms with Gasteiger partial charge < -0.3 is 5.11 Å². The Hall–Kier alpha value is -2.36. The van der Waals surface area contributed by atoms with Crippen molar-refractivity contribution in [3.05, 3.63) is 53.9 Å². The molecular weight excluding hydrogens is 288 g/mol. The topological polar surface area (TPSA) is 79.3 Å². The maximum atomic E-state index is 12.3. The zero-order chi connectivity index (χ0) is 15.3. The summed E-state index contributed by atoms with van der Waals surface area (Å²) >= 11 is 0. The van der Waals surface area contributed by atoms with Gasteiger partial charge in [-0.2, -0.15) is 0 Å².